The molecule has 23 heavy (non-hydrogen) atoms. The highest BCUT2D eigenvalue weighted by Gasteiger charge is 2.23. The highest BCUT2D eigenvalue weighted by molar-refractivity contribution is 7.89. The number of carboxylic acids is 1. The Kier molecular flexibility index (Phi) is 5.40. The second kappa shape index (κ2) is 7.12. The first-order valence-electron chi connectivity index (χ1n) is 6.74. The number of aryl methyl sites for hydroxylation is 1. The summed E-state index contributed by atoms with van der Waals surface area (Å²) in [4.78, 5) is 11.4. The number of carbonyl (C=O) groups is 1. The van der Waals surface area contributed by atoms with Gasteiger partial charge in [-0.25, -0.2) is 13.1 Å². The number of rotatable bonds is 7. The van der Waals surface area contributed by atoms with E-state index in [2.05, 4.69) is 9.82 Å². The minimum Gasteiger partial charge on any atom is -0.481 e. The Balaban J connectivity index is 2.09. The van der Waals surface area contributed by atoms with Crippen LogP contribution in [-0.4, -0.2) is 35.8 Å². The van der Waals surface area contributed by atoms with Crippen LogP contribution in [0.15, 0.2) is 41.6 Å². The second-order valence-corrected chi connectivity index (χ2v) is 7.16. The molecule has 9 heteroatoms. The lowest BCUT2D eigenvalue weighted by Crippen LogP contribution is -2.34. The molecule has 0 saturated heterocycles. The van der Waals surface area contributed by atoms with E-state index in [1.165, 1.54) is 24.0 Å². The van der Waals surface area contributed by atoms with Crippen molar-refractivity contribution in [1.82, 2.24) is 14.5 Å². The van der Waals surface area contributed by atoms with Crippen molar-refractivity contribution in [3.8, 4) is 0 Å². The molecule has 1 heterocycles. The average Bonchev–Trinajstić information content (AvgIpc) is 2.90. The number of sulfonamides is 1. The predicted molar refractivity (Wildman–Crippen MR) is 84.7 cm³/mol. The van der Waals surface area contributed by atoms with Crippen molar-refractivity contribution in [2.24, 2.45) is 13.0 Å². The number of carboxylic acid groups (broad SMARTS) is 1. The number of halogens is 1. The van der Waals surface area contributed by atoms with Gasteiger partial charge in [0.25, 0.3) is 10.0 Å². The van der Waals surface area contributed by atoms with Crippen LogP contribution in [-0.2, 0) is 28.3 Å². The Bertz CT molecular complexity index is 804. The quantitative estimate of drug-likeness (QED) is 0.777. The molecule has 0 fully saturated rings. The lowest BCUT2D eigenvalue weighted by atomic mass is 10.00. The van der Waals surface area contributed by atoms with E-state index in [-0.39, 0.29) is 18.0 Å². The van der Waals surface area contributed by atoms with E-state index in [0.717, 1.165) is 5.56 Å². The van der Waals surface area contributed by atoms with Gasteiger partial charge in [0.2, 0.25) is 0 Å². The van der Waals surface area contributed by atoms with E-state index in [1.807, 2.05) is 0 Å². The van der Waals surface area contributed by atoms with Gasteiger partial charge in [-0.15, -0.1) is 0 Å². The fourth-order valence-corrected chi connectivity index (χ4v) is 3.52. The van der Waals surface area contributed by atoms with Gasteiger partial charge in [0, 0.05) is 18.6 Å². The predicted octanol–water partition coefficient (Wildman–Crippen LogP) is 1.30. The molecule has 1 atom stereocenters. The topological polar surface area (TPSA) is 101 Å². The number of nitrogens with one attached hydrogen (secondary N) is 1. The Morgan fingerprint density at radius 1 is 1.43 bits per heavy atom. The van der Waals surface area contributed by atoms with Gasteiger partial charge in [-0.1, -0.05) is 23.7 Å². The number of hydrogen-bond donors (Lipinski definition) is 2. The van der Waals surface area contributed by atoms with Crippen LogP contribution in [0.2, 0.25) is 5.02 Å². The van der Waals surface area contributed by atoms with Crippen LogP contribution in [0.25, 0.3) is 0 Å². The van der Waals surface area contributed by atoms with E-state index in [9.17, 15) is 18.3 Å². The van der Waals surface area contributed by atoms with Crippen LogP contribution in [0, 0.1) is 5.92 Å². The van der Waals surface area contributed by atoms with Gasteiger partial charge >= 0.3 is 5.97 Å². The number of hydrogen-bond acceptors (Lipinski definition) is 4. The molecule has 2 N–H and O–H groups in total. The van der Waals surface area contributed by atoms with Crippen molar-refractivity contribution in [3.63, 3.8) is 0 Å². The third kappa shape index (κ3) is 4.54. The summed E-state index contributed by atoms with van der Waals surface area (Å²) >= 11 is 5.87. The van der Waals surface area contributed by atoms with Crippen molar-refractivity contribution in [2.45, 2.75) is 11.4 Å². The van der Waals surface area contributed by atoms with Gasteiger partial charge in [-0.2, -0.15) is 5.10 Å². The SMILES string of the molecule is Cn1nccc1S(=O)(=O)NCC(Cc1cccc(Cl)c1)C(=O)O. The highest BCUT2D eigenvalue weighted by atomic mass is 35.5. The standard InChI is InChI=1S/C14H16ClN3O4S/c1-18-13(5-6-16-18)23(21,22)17-9-11(14(19)20)7-10-3-2-4-12(15)8-10/h2-6,8,11,17H,7,9H2,1H3,(H,19,20). The fourth-order valence-electron chi connectivity index (χ4n) is 2.10. The first-order chi connectivity index (χ1) is 10.8. The maximum absolute atomic E-state index is 12.2. The Morgan fingerprint density at radius 3 is 2.74 bits per heavy atom. The van der Waals surface area contributed by atoms with E-state index in [0.29, 0.717) is 5.02 Å². The zero-order chi connectivity index (χ0) is 17.0. The molecular formula is C14H16ClN3O4S. The van der Waals surface area contributed by atoms with Crippen molar-refractivity contribution in [1.29, 1.82) is 0 Å². The molecule has 124 valence electrons. The molecular weight excluding hydrogens is 342 g/mol. The van der Waals surface area contributed by atoms with Crippen LogP contribution in [0.3, 0.4) is 0 Å². The summed E-state index contributed by atoms with van der Waals surface area (Å²) in [5, 5.41) is 13.6. The molecule has 0 radical (unpaired) electrons. The molecule has 0 saturated carbocycles. The lowest BCUT2D eigenvalue weighted by Gasteiger charge is -2.14. The van der Waals surface area contributed by atoms with E-state index >= 15 is 0 Å². The molecule has 2 aromatic rings. The Morgan fingerprint density at radius 2 is 2.17 bits per heavy atom. The van der Waals surface area contributed by atoms with E-state index in [1.54, 1.807) is 24.3 Å². The zero-order valence-electron chi connectivity index (χ0n) is 12.3. The van der Waals surface area contributed by atoms with Crippen LogP contribution in [0.4, 0.5) is 0 Å². The third-order valence-electron chi connectivity index (χ3n) is 3.29. The largest absolute Gasteiger partial charge is 0.481 e. The van der Waals surface area contributed by atoms with Crippen molar-refractivity contribution >= 4 is 27.6 Å². The van der Waals surface area contributed by atoms with Gasteiger partial charge in [-0.3, -0.25) is 9.48 Å². The summed E-state index contributed by atoms with van der Waals surface area (Å²) in [6.07, 6.45) is 1.53. The van der Waals surface area contributed by atoms with Crippen molar-refractivity contribution in [2.75, 3.05) is 6.54 Å². The van der Waals surface area contributed by atoms with E-state index in [4.69, 9.17) is 11.6 Å². The number of aromatic nitrogens is 2. The Labute approximate surface area is 138 Å². The molecule has 0 spiro atoms. The summed E-state index contributed by atoms with van der Waals surface area (Å²) in [5.74, 6) is -1.99. The van der Waals surface area contributed by atoms with Gasteiger partial charge < -0.3 is 5.11 Å². The van der Waals surface area contributed by atoms with Crippen molar-refractivity contribution < 1.29 is 18.3 Å². The average molecular weight is 358 g/mol. The molecule has 1 aromatic carbocycles. The molecule has 7 nitrogen and oxygen atoms in total. The maximum Gasteiger partial charge on any atom is 0.308 e. The van der Waals surface area contributed by atoms with Crippen LogP contribution in [0.1, 0.15) is 5.56 Å². The van der Waals surface area contributed by atoms with Gasteiger partial charge in [0.1, 0.15) is 0 Å². The second-order valence-electron chi connectivity index (χ2n) is 5.01. The normalized spacial score (nSPS) is 13.0. The molecule has 0 aliphatic heterocycles. The molecule has 0 bridgehead atoms. The Hall–Kier alpha value is -1.90. The molecule has 1 aromatic heterocycles. The van der Waals surface area contributed by atoms with Crippen LogP contribution in [0.5, 0.6) is 0 Å². The van der Waals surface area contributed by atoms with E-state index < -0.39 is 21.9 Å². The van der Waals surface area contributed by atoms with Gasteiger partial charge in [-0.05, 0) is 30.2 Å². The summed E-state index contributed by atoms with van der Waals surface area (Å²) in [6, 6.07) is 8.15. The summed E-state index contributed by atoms with van der Waals surface area (Å²) < 4.78 is 27.8. The molecule has 0 aliphatic rings. The molecule has 0 aliphatic carbocycles. The van der Waals surface area contributed by atoms with Crippen LogP contribution >= 0.6 is 11.6 Å². The first-order valence-corrected chi connectivity index (χ1v) is 8.60. The zero-order valence-corrected chi connectivity index (χ0v) is 13.9. The number of benzene rings is 1. The maximum atomic E-state index is 12.2. The minimum atomic E-state index is -3.82. The van der Waals surface area contributed by atoms with Crippen molar-refractivity contribution in [3.05, 3.63) is 47.1 Å². The summed E-state index contributed by atoms with van der Waals surface area (Å²) in [5.41, 5.74) is 0.727. The minimum absolute atomic E-state index is 0.0237. The van der Waals surface area contributed by atoms with Gasteiger partial charge in [0.05, 0.1) is 12.1 Å². The summed E-state index contributed by atoms with van der Waals surface area (Å²) in [7, 11) is -2.32. The van der Waals surface area contributed by atoms with Gasteiger partial charge in [0.15, 0.2) is 5.03 Å². The first kappa shape index (κ1) is 17.5. The molecule has 1 unspecified atom stereocenters. The highest BCUT2D eigenvalue weighted by Crippen LogP contribution is 2.15. The summed E-state index contributed by atoms with van der Waals surface area (Å²) in [6.45, 7) is -0.227. The third-order valence-corrected chi connectivity index (χ3v) is 5.02. The molecule has 2 rings (SSSR count). The smallest absolute Gasteiger partial charge is 0.308 e. The van der Waals surface area contributed by atoms with Crippen LogP contribution < -0.4 is 4.72 Å². The monoisotopic (exact) mass is 357 g/mol. The molecule has 0 amide bonds. The lowest BCUT2D eigenvalue weighted by molar-refractivity contribution is -0.141. The number of aliphatic carboxylic acids is 1. The fraction of sp³-hybridized carbons (Fsp3) is 0.286. The number of nitrogens with zero attached hydrogens (tertiary/aromatic N) is 2.